The number of alkyl halides is 1. The smallest absolute Gasteiger partial charge is 0.459 e. The molecular formula is C18H21FN7O8P. The number of nitrogens with two attached hydrogens (primary N) is 1. The summed E-state index contributed by atoms with van der Waals surface area (Å²) in [4.78, 5) is 29.4. The molecule has 1 aliphatic heterocycles. The molecule has 0 radical (unpaired) electrons. The van der Waals surface area contributed by atoms with Gasteiger partial charge in [0.1, 0.15) is 23.7 Å². The largest absolute Gasteiger partial charge is 0.480 e. The Morgan fingerprint density at radius 1 is 1.49 bits per heavy atom. The number of halogens is 1. The van der Waals surface area contributed by atoms with E-state index in [9.17, 15) is 24.4 Å². The average Bonchev–Trinajstić information content (AvgIpc) is 3.04. The summed E-state index contributed by atoms with van der Waals surface area (Å²) >= 11 is 0. The maximum atomic E-state index is 15.2. The van der Waals surface area contributed by atoms with Crippen molar-refractivity contribution in [2.24, 2.45) is 5.11 Å². The van der Waals surface area contributed by atoms with E-state index in [1.807, 2.05) is 0 Å². The van der Waals surface area contributed by atoms with Gasteiger partial charge in [-0.1, -0.05) is 23.3 Å². The van der Waals surface area contributed by atoms with Gasteiger partial charge >= 0.3 is 19.4 Å². The van der Waals surface area contributed by atoms with E-state index in [-0.39, 0.29) is 11.6 Å². The molecule has 2 aromatic rings. The van der Waals surface area contributed by atoms with Crippen molar-refractivity contribution in [1.29, 1.82) is 0 Å². The van der Waals surface area contributed by atoms with E-state index in [1.165, 1.54) is 18.2 Å². The summed E-state index contributed by atoms with van der Waals surface area (Å²) in [6.45, 7) is 0.0482. The number of nitrogen functional groups attached to an aromatic ring is 1. The highest BCUT2D eigenvalue weighted by molar-refractivity contribution is 7.52. The molecule has 1 fully saturated rings. The molecule has 0 bridgehead atoms. The zero-order valence-corrected chi connectivity index (χ0v) is 18.9. The molecule has 0 aliphatic carbocycles. The van der Waals surface area contributed by atoms with Crippen LogP contribution in [-0.2, 0) is 18.6 Å². The van der Waals surface area contributed by atoms with Crippen molar-refractivity contribution in [2.45, 2.75) is 37.2 Å². The molecule has 5 N–H and O–H groups in total. The third kappa shape index (κ3) is 5.77. The Bertz CT molecular complexity index is 1230. The van der Waals surface area contributed by atoms with Gasteiger partial charge in [0.05, 0.1) is 6.61 Å². The van der Waals surface area contributed by atoms with Gasteiger partial charge < -0.3 is 25.2 Å². The third-order valence-electron chi connectivity index (χ3n) is 4.82. The van der Waals surface area contributed by atoms with Crippen LogP contribution in [0.2, 0.25) is 0 Å². The number of aromatic nitrogens is 2. The van der Waals surface area contributed by atoms with Crippen LogP contribution in [0.3, 0.4) is 0 Å². The second kappa shape index (κ2) is 10.4. The minimum absolute atomic E-state index is 0.0142. The molecule has 35 heavy (non-hydrogen) atoms. The Labute approximate surface area is 196 Å². The summed E-state index contributed by atoms with van der Waals surface area (Å²) in [5.74, 6) is -1.53. The number of ether oxygens (including phenoxy) is 1. The maximum Gasteiger partial charge on any atom is 0.459 e. The number of carboxylic acids is 1. The van der Waals surface area contributed by atoms with Crippen molar-refractivity contribution in [3.8, 4) is 5.75 Å². The summed E-state index contributed by atoms with van der Waals surface area (Å²) in [5.41, 5.74) is 10.8. The first-order chi connectivity index (χ1) is 16.5. The van der Waals surface area contributed by atoms with Gasteiger partial charge in [-0.3, -0.25) is 13.9 Å². The highest BCUT2D eigenvalue weighted by Crippen LogP contribution is 2.48. The van der Waals surface area contributed by atoms with Crippen LogP contribution in [-0.4, -0.2) is 56.4 Å². The number of hydrogen-bond acceptors (Lipinski definition) is 10. The molecule has 0 saturated carbocycles. The highest BCUT2D eigenvalue weighted by atomic mass is 31.2. The van der Waals surface area contributed by atoms with Crippen LogP contribution >= 0.6 is 7.75 Å². The van der Waals surface area contributed by atoms with E-state index >= 15 is 4.39 Å². The molecular weight excluding hydrogens is 492 g/mol. The van der Waals surface area contributed by atoms with Crippen LogP contribution < -0.4 is 21.0 Å². The number of anilines is 1. The lowest BCUT2D eigenvalue weighted by Crippen LogP contribution is -2.43. The van der Waals surface area contributed by atoms with E-state index < -0.39 is 56.3 Å². The summed E-state index contributed by atoms with van der Waals surface area (Å²) in [5, 5.41) is 25.0. The van der Waals surface area contributed by atoms with Gasteiger partial charge in [-0.25, -0.2) is 13.8 Å². The number of azide groups is 1. The molecule has 3 rings (SSSR count). The molecule has 2 heterocycles. The lowest BCUT2D eigenvalue weighted by Gasteiger charge is -2.28. The zero-order valence-electron chi connectivity index (χ0n) is 18.0. The number of hydrogen-bond donors (Lipinski definition) is 4. The molecule has 6 atom stereocenters. The monoisotopic (exact) mass is 513 g/mol. The molecule has 0 spiro atoms. The number of carbonyl (C=O) groups is 1. The molecule has 0 amide bonds. The number of nitrogens with zero attached hydrogens (tertiary/aromatic N) is 5. The average molecular weight is 513 g/mol. The predicted octanol–water partition coefficient (Wildman–Crippen LogP) is 1.33. The van der Waals surface area contributed by atoms with Gasteiger partial charge in [0.2, 0.25) is 5.72 Å². The van der Waals surface area contributed by atoms with Gasteiger partial charge in [-0.2, -0.15) is 10.1 Å². The Morgan fingerprint density at radius 2 is 2.17 bits per heavy atom. The number of aliphatic hydroxyl groups excluding tert-OH is 1. The predicted molar refractivity (Wildman–Crippen MR) is 117 cm³/mol. The second-order valence-corrected chi connectivity index (χ2v) is 9.04. The quantitative estimate of drug-likeness (QED) is 0.153. The number of rotatable bonds is 10. The van der Waals surface area contributed by atoms with E-state index in [4.69, 9.17) is 25.0 Å². The van der Waals surface area contributed by atoms with Crippen molar-refractivity contribution in [3.63, 3.8) is 0 Å². The number of aliphatic hydroxyl groups is 1. The number of aliphatic carboxylic acids is 1. The minimum Gasteiger partial charge on any atom is -0.480 e. The first kappa shape index (κ1) is 26.1. The fourth-order valence-electron chi connectivity index (χ4n) is 3.07. The summed E-state index contributed by atoms with van der Waals surface area (Å²) in [6.07, 6.45) is -5.17. The molecule has 15 nitrogen and oxygen atoms in total. The first-order valence-corrected chi connectivity index (χ1v) is 11.5. The van der Waals surface area contributed by atoms with Crippen molar-refractivity contribution in [2.75, 3.05) is 12.3 Å². The van der Waals surface area contributed by atoms with Crippen molar-refractivity contribution in [1.82, 2.24) is 14.6 Å². The van der Waals surface area contributed by atoms with Crippen molar-refractivity contribution in [3.05, 3.63) is 63.5 Å². The number of nitrogens with one attached hydrogen (secondary N) is 1. The topological polar surface area (TPSA) is 224 Å². The van der Waals surface area contributed by atoms with Crippen LogP contribution in [0, 0.1) is 0 Å². The SMILES string of the molecule is C[C@H](NP(=O)(OC[C@@]1(N=[N+]=[N-])O[C@@H](n2ccc(N)nc2=O)[C@H](O)[C@@H]1F)Oc1ccccc1)C(=O)O. The fourth-order valence-corrected chi connectivity index (χ4v) is 4.59. The van der Waals surface area contributed by atoms with Gasteiger partial charge in [-0.15, -0.1) is 0 Å². The second-order valence-electron chi connectivity index (χ2n) is 7.34. The van der Waals surface area contributed by atoms with Gasteiger partial charge in [0.15, 0.2) is 12.4 Å². The lowest BCUT2D eigenvalue weighted by molar-refractivity contribution is -0.138. The number of para-hydroxylation sites is 1. The van der Waals surface area contributed by atoms with E-state index in [0.717, 1.165) is 13.1 Å². The standard InChI is InChI=1S/C18H21FN7O8P/c1-10(16(28)29)23-35(31,34-11-5-3-2-4-6-11)32-9-18(24-25-21)14(19)13(27)15(33-18)26-8-7-12(20)22-17(26)30/h2-8,10,13-15,27H,9H2,1H3,(H,23,31)(H,28,29)(H2,20,22,30)/t10-,13+,14-,15+,18+,35?/m0/s1. The first-order valence-electron chi connectivity index (χ1n) is 9.91. The molecule has 1 aromatic carbocycles. The molecule has 1 unspecified atom stereocenters. The summed E-state index contributed by atoms with van der Waals surface area (Å²) in [6, 6.07) is 7.26. The lowest BCUT2D eigenvalue weighted by atomic mass is 10.1. The molecule has 188 valence electrons. The third-order valence-corrected chi connectivity index (χ3v) is 6.44. The Hall–Kier alpha value is -3.52. The Morgan fingerprint density at radius 3 is 2.77 bits per heavy atom. The summed E-state index contributed by atoms with van der Waals surface area (Å²) in [7, 11) is -4.56. The number of carboxylic acid groups (broad SMARTS) is 1. The van der Waals surface area contributed by atoms with E-state index in [0.29, 0.717) is 4.57 Å². The van der Waals surface area contributed by atoms with Crippen molar-refractivity contribution >= 4 is 19.5 Å². The molecule has 1 aliphatic rings. The van der Waals surface area contributed by atoms with Gasteiger partial charge in [0.25, 0.3) is 0 Å². The van der Waals surface area contributed by atoms with Crippen LogP contribution in [0.1, 0.15) is 13.2 Å². The van der Waals surface area contributed by atoms with E-state index in [1.54, 1.807) is 18.2 Å². The zero-order chi connectivity index (χ0) is 25.8. The fraction of sp³-hybridized carbons (Fsp3) is 0.389. The minimum atomic E-state index is -4.56. The molecule has 17 heteroatoms. The van der Waals surface area contributed by atoms with Gasteiger partial charge in [-0.05, 0) is 30.7 Å². The van der Waals surface area contributed by atoms with Crippen LogP contribution in [0.4, 0.5) is 10.2 Å². The Balaban J connectivity index is 1.91. The highest BCUT2D eigenvalue weighted by Gasteiger charge is 2.57. The number of benzene rings is 1. The van der Waals surface area contributed by atoms with Gasteiger partial charge in [0, 0.05) is 11.1 Å². The molecule has 1 aromatic heterocycles. The summed E-state index contributed by atoms with van der Waals surface area (Å²) < 4.78 is 45.3. The Kier molecular flexibility index (Phi) is 7.75. The van der Waals surface area contributed by atoms with Crippen molar-refractivity contribution < 1.29 is 37.7 Å². The normalized spacial score (nSPS) is 26.3. The van der Waals surface area contributed by atoms with Crippen LogP contribution in [0.15, 0.2) is 52.5 Å². The van der Waals surface area contributed by atoms with E-state index in [2.05, 4.69) is 20.1 Å². The van der Waals surface area contributed by atoms with Crippen LogP contribution in [0.25, 0.3) is 10.4 Å². The molecule has 1 saturated heterocycles. The maximum absolute atomic E-state index is 15.2. The van der Waals surface area contributed by atoms with Crippen LogP contribution in [0.5, 0.6) is 5.75 Å².